The molecule has 3 rings (SSSR count). The van der Waals surface area contributed by atoms with Crippen molar-refractivity contribution in [1.82, 2.24) is 9.78 Å². The van der Waals surface area contributed by atoms with Gasteiger partial charge in [-0.15, -0.1) is 0 Å². The number of anilines is 2. The summed E-state index contributed by atoms with van der Waals surface area (Å²) in [6, 6.07) is 7.84. The molecule has 1 aliphatic heterocycles. The Kier molecular flexibility index (Phi) is 2.55. The Morgan fingerprint density at radius 3 is 2.84 bits per heavy atom. The van der Waals surface area contributed by atoms with Crippen LogP contribution in [0.5, 0.6) is 0 Å². The number of fused-ring (bicyclic) bond motifs is 1. The maximum atomic E-state index is 11.6. The molecule has 0 bridgehead atoms. The highest BCUT2D eigenvalue weighted by atomic mass is 16.2. The van der Waals surface area contributed by atoms with E-state index in [1.807, 2.05) is 36.2 Å². The second-order valence-electron chi connectivity index (χ2n) is 4.80. The van der Waals surface area contributed by atoms with Crippen molar-refractivity contribution < 1.29 is 4.79 Å². The van der Waals surface area contributed by atoms with E-state index in [0.29, 0.717) is 5.82 Å². The number of rotatable bonds is 1. The van der Waals surface area contributed by atoms with Crippen LogP contribution in [0.25, 0.3) is 11.3 Å². The summed E-state index contributed by atoms with van der Waals surface area (Å²) >= 11 is 0. The molecule has 1 aromatic heterocycles. The number of carbonyl (C=O) groups excluding carboxylic acids is 1. The Morgan fingerprint density at radius 2 is 2.21 bits per heavy atom. The van der Waals surface area contributed by atoms with E-state index in [9.17, 15) is 4.79 Å². The summed E-state index contributed by atoms with van der Waals surface area (Å²) in [6.07, 6.45) is 0.863. The number of hydrogen-bond acceptors (Lipinski definition) is 3. The first kappa shape index (κ1) is 11.8. The van der Waals surface area contributed by atoms with Crippen molar-refractivity contribution in [3.63, 3.8) is 0 Å². The van der Waals surface area contributed by atoms with Crippen LogP contribution in [0.15, 0.2) is 24.3 Å². The van der Waals surface area contributed by atoms with Crippen LogP contribution in [-0.4, -0.2) is 22.2 Å². The molecule has 1 aliphatic rings. The Morgan fingerprint density at radius 1 is 1.42 bits per heavy atom. The molecule has 0 saturated heterocycles. The molecule has 2 N–H and O–H groups in total. The molecule has 0 aliphatic carbocycles. The van der Waals surface area contributed by atoms with Crippen LogP contribution >= 0.6 is 0 Å². The molecule has 19 heavy (non-hydrogen) atoms. The number of nitrogens with two attached hydrogens (primary N) is 1. The molecule has 0 radical (unpaired) electrons. The fourth-order valence-electron chi connectivity index (χ4n) is 2.61. The number of amides is 1. The van der Waals surface area contributed by atoms with Gasteiger partial charge in [0.05, 0.1) is 5.69 Å². The summed E-state index contributed by atoms with van der Waals surface area (Å²) in [5.41, 5.74) is 9.93. The molecule has 1 amide bonds. The highest BCUT2D eigenvalue weighted by Gasteiger charge is 2.25. The van der Waals surface area contributed by atoms with E-state index in [2.05, 4.69) is 5.10 Å². The van der Waals surface area contributed by atoms with Gasteiger partial charge in [0, 0.05) is 37.8 Å². The Labute approximate surface area is 111 Å². The fraction of sp³-hybridized carbons (Fsp3) is 0.286. The van der Waals surface area contributed by atoms with Crippen molar-refractivity contribution in [3.05, 3.63) is 29.8 Å². The summed E-state index contributed by atoms with van der Waals surface area (Å²) in [5.74, 6) is 0.713. The number of aryl methyl sites for hydroxylation is 1. The first-order chi connectivity index (χ1) is 9.08. The summed E-state index contributed by atoms with van der Waals surface area (Å²) in [4.78, 5) is 13.4. The minimum Gasteiger partial charge on any atom is -0.384 e. The number of benzene rings is 1. The largest absolute Gasteiger partial charge is 0.384 e. The minimum atomic E-state index is 0.0800. The van der Waals surface area contributed by atoms with Crippen LogP contribution in [0.1, 0.15) is 12.5 Å². The molecule has 5 heteroatoms. The topological polar surface area (TPSA) is 64.2 Å². The van der Waals surface area contributed by atoms with Crippen LogP contribution in [0.2, 0.25) is 0 Å². The minimum absolute atomic E-state index is 0.0800. The number of aromatic nitrogens is 2. The maximum absolute atomic E-state index is 11.6. The monoisotopic (exact) mass is 256 g/mol. The Balaban J connectivity index is 2.12. The second kappa shape index (κ2) is 4.12. The van der Waals surface area contributed by atoms with Gasteiger partial charge in [-0.25, -0.2) is 0 Å². The van der Waals surface area contributed by atoms with Crippen LogP contribution in [0.4, 0.5) is 11.5 Å². The van der Waals surface area contributed by atoms with Gasteiger partial charge in [-0.2, -0.15) is 5.10 Å². The third-order valence-corrected chi connectivity index (χ3v) is 3.60. The zero-order valence-electron chi connectivity index (χ0n) is 11.1. The predicted octanol–water partition coefficient (Wildman–Crippen LogP) is 1.58. The summed E-state index contributed by atoms with van der Waals surface area (Å²) in [5, 5.41) is 4.42. The SMILES string of the molecule is CC(=O)N1CCc2c(-c3cc(N)n(C)n3)cccc21. The fourth-order valence-corrected chi connectivity index (χ4v) is 2.61. The van der Waals surface area contributed by atoms with E-state index in [4.69, 9.17) is 5.73 Å². The van der Waals surface area contributed by atoms with E-state index in [0.717, 1.165) is 29.9 Å². The van der Waals surface area contributed by atoms with E-state index < -0.39 is 0 Å². The van der Waals surface area contributed by atoms with Crippen molar-refractivity contribution in [2.75, 3.05) is 17.2 Å². The number of carbonyl (C=O) groups is 1. The Hall–Kier alpha value is -2.30. The summed E-state index contributed by atoms with van der Waals surface area (Å²) in [7, 11) is 1.82. The molecule has 5 nitrogen and oxygen atoms in total. The van der Waals surface area contributed by atoms with Gasteiger partial charge in [-0.05, 0) is 18.1 Å². The normalized spacial score (nSPS) is 13.7. The third kappa shape index (κ3) is 1.78. The average molecular weight is 256 g/mol. The quantitative estimate of drug-likeness (QED) is 0.842. The average Bonchev–Trinajstić information content (AvgIpc) is 2.93. The molecule has 0 fully saturated rings. The summed E-state index contributed by atoms with van der Waals surface area (Å²) < 4.78 is 1.66. The van der Waals surface area contributed by atoms with Crippen molar-refractivity contribution in [2.45, 2.75) is 13.3 Å². The van der Waals surface area contributed by atoms with Crippen molar-refractivity contribution in [1.29, 1.82) is 0 Å². The van der Waals surface area contributed by atoms with Gasteiger partial charge in [0.15, 0.2) is 0 Å². The molecule has 0 spiro atoms. The lowest BCUT2D eigenvalue weighted by atomic mass is 10.0. The Bertz CT molecular complexity index is 640. The van der Waals surface area contributed by atoms with Crippen molar-refractivity contribution >= 4 is 17.4 Å². The first-order valence-electron chi connectivity index (χ1n) is 6.28. The molecule has 2 heterocycles. The molecule has 2 aromatic rings. The summed E-state index contributed by atoms with van der Waals surface area (Å²) in [6.45, 7) is 2.34. The molecule has 1 aromatic carbocycles. The highest BCUT2D eigenvalue weighted by Crippen LogP contribution is 2.36. The van der Waals surface area contributed by atoms with Gasteiger partial charge in [-0.1, -0.05) is 12.1 Å². The van der Waals surface area contributed by atoms with Gasteiger partial charge in [0.1, 0.15) is 5.82 Å². The molecule has 98 valence electrons. The maximum Gasteiger partial charge on any atom is 0.223 e. The number of nitrogens with zero attached hydrogens (tertiary/aromatic N) is 3. The lowest BCUT2D eigenvalue weighted by Crippen LogP contribution is -2.25. The standard InChI is InChI=1S/C14H16N4O/c1-9(19)18-7-6-11-10(4-3-5-13(11)18)12-8-14(15)17(2)16-12/h3-5,8H,6-7,15H2,1-2H3. The van der Waals surface area contributed by atoms with Crippen LogP contribution in [-0.2, 0) is 18.3 Å². The molecule has 0 unspecified atom stereocenters. The van der Waals surface area contributed by atoms with E-state index in [-0.39, 0.29) is 5.91 Å². The van der Waals surface area contributed by atoms with Gasteiger partial charge in [0.2, 0.25) is 5.91 Å². The number of nitrogen functional groups attached to an aromatic ring is 1. The van der Waals surface area contributed by atoms with Gasteiger partial charge in [-0.3, -0.25) is 9.48 Å². The zero-order chi connectivity index (χ0) is 13.6. The zero-order valence-corrected chi connectivity index (χ0v) is 11.1. The predicted molar refractivity (Wildman–Crippen MR) is 74.8 cm³/mol. The van der Waals surface area contributed by atoms with Crippen molar-refractivity contribution in [3.8, 4) is 11.3 Å². The number of hydrogen-bond donors (Lipinski definition) is 1. The van der Waals surface area contributed by atoms with Gasteiger partial charge in [0.25, 0.3) is 0 Å². The van der Waals surface area contributed by atoms with E-state index in [1.54, 1.807) is 11.6 Å². The molecule has 0 atom stereocenters. The van der Waals surface area contributed by atoms with Crippen LogP contribution < -0.4 is 10.6 Å². The molecule has 0 saturated carbocycles. The molecular formula is C14H16N4O. The van der Waals surface area contributed by atoms with E-state index >= 15 is 0 Å². The third-order valence-electron chi connectivity index (χ3n) is 3.60. The van der Waals surface area contributed by atoms with Crippen LogP contribution in [0.3, 0.4) is 0 Å². The lowest BCUT2D eigenvalue weighted by molar-refractivity contribution is -0.116. The van der Waals surface area contributed by atoms with Crippen LogP contribution in [0, 0.1) is 0 Å². The first-order valence-corrected chi connectivity index (χ1v) is 6.28. The lowest BCUT2D eigenvalue weighted by Gasteiger charge is -2.14. The van der Waals surface area contributed by atoms with E-state index in [1.165, 1.54) is 5.56 Å². The highest BCUT2D eigenvalue weighted by molar-refractivity contribution is 5.95. The van der Waals surface area contributed by atoms with Crippen molar-refractivity contribution in [2.24, 2.45) is 7.05 Å². The van der Waals surface area contributed by atoms with Gasteiger partial charge >= 0.3 is 0 Å². The molecular weight excluding hydrogens is 240 g/mol. The second-order valence-corrected chi connectivity index (χ2v) is 4.80. The van der Waals surface area contributed by atoms with Gasteiger partial charge < -0.3 is 10.6 Å². The smallest absolute Gasteiger partial charge is 0.223 e.